The molecule has 0 atom stereocenters. The van der Waals surface area contributed by atoms with Gasteiger partial charge in [-0.05, 0) is 12.5 Å². The van der Waals surface area contributed by atoms with Crippen molar-refractivity contribution in [2.45, 2.75) is 25.5 Å². The van der Waals surface area contributed by atoms with E-state index < -0.39 is 0 Å². The van der Waals surface area contributed by atoms with E-state index in [9.17, 15) is 0 Å². The lowest BCUT2D eigenvalue weighted by molar-refractivity contribution is 0.484. The van der Waals surface area contributed by atoms with Crippen molar-refractivity contribution in [1.82, 2.24) is 0 Å². The van der Waals surface area contributed by atoms with Crippen molar-refractivity contribution in [3.63, 3.8) is 0 Å². The molecule has 0 aromatic heterocycles. The molecule has 0 aromatic carbocycles. The summed E-state index contributed by atoms with van der Waals surface area (Å²) in [6.45, 7) is 1.13. The van der Waals surface area contributed by atoms with Gasteiger partial charge in [0.25, 0.3) is 6.71 Å². The van der Waals surface area contributed by atoms with Crippen LogP contribution in [0, 0.1) is 17.1 Å². The van der Waals surface area contributed by atoms with E-state index in [0.29, 0.717) is 12.6 Å². The Labute approximate surface area is 62.5 Å². The molecule has 0 unspecified atom stereocenters. The zero-order valence-electron chi connectivity index (χ0n) is 6.21. The summed E-state index contributed by atoms with van der Waals surface area (Å²) in [4.78, 5) is 0. The van der Waals surface area contributed by atoms with E-state index in [0.717, 1.165) is 32.0 Å². The number of nitriles is 1. The second kappa shape index (κ2) is 3.63. The summed E-state index contributed by atoms with van der Waals surface area (Å²) < 4.78 is 0. The molecular formula is C7H13BN2. The van der Waals surface area contributed by atoms with Gasteiger partial charge in [-0.15, -0.1) is 0 Å². The Hall–Kier alpha value is -0.485. The van der Waals surface area contributed by atoms with Crippen LogP contribution >= 0.6 is 0 Å². The van der Waals surface area contributed by atoms with Crippen LogP contribution in [0.25, 0.3) is 0 Å². The van der Waals surface area contributed by atoms with E-state index >= 15 is 0 Å². The predicted molar refractivity (Wildman–Crippen MR) is 42.8 cm³/mol. The number of nitrogens with zero attached hydrogens (tertiary/aromatic N) is 1. The minimum atomic E-state index is 0.322. The zero-order chi connectivity index (χ0) is 7.40. The molecule has 2 N–H and O–H groups in total. The Morgan fingerprint density at radius 2 is 2.10 bits per heavy atom. The third-order valence-electron chi connectivity index (χ3n) is 2.36. The Balaban J connectivity index is 2.25. The van der Waals surface area contributed by atoms with Gasteiger partial charge in [0.1, 0.15) is 0 Å². The molecule has 2 nitrogen and oxygen atoms in total. The summed E-state index contributed by atoms with van der Waals surface area (Å²) in [6, 6.07) is 0. The number of hydrogen-bond acceptors (Lipinski definition) is 2. The first-order valence-corrected chi connectivity index (χ1v) is 3.96. The van der Waals surface area contributed by atoms with Gasteiger partial charge < -0.3 is 5.73 Å². The van der Waals surface area contributed by atoms with Gasteiger partial charge in [0.2, 0.25) is 0 Å². The lowest BCUT2D eigenvalue weighted by Crippen LogP contribution is -2.24. The normalized spacial score (nSPS) is 20.6. The molecule has 0 radical (unpaired) electrons. The minimum absolute atomic E-state index is 0.322. The molecule has 1 aliphatic rings. The highest BCUT2D eigenvalue weighted by molar-refractivity contribution is 6.67. The molecule has 3 heteroatoms. The molecule has 0 spiro atoms. The maximum Gasteiger partial charge on any atom is 0.267 e. The monoisotopic (exact) mass is 136 g/mol. The van der Waals surface area contributed by atoms with E-state index in [-0.39, 0.29) is 0 Å². The van der Waals surface area contributed by atoms with Gasteiger partial charge in [0, 0.05) is 5.97 Å². The first-order chi connectivity index (χ1) is 4.86. The quantitative estimate of drug-likeness (QED) is 0.544. The van der Waals surface area contributed by atoms with Crippen molar-refractivity contribution in [1.29, 1.82) is 5.26 Å². The molecule has 1 heterocycles. The fourth-order valence-electron chi connectivity index (χ4n) is 1.53. The topological polar surface area (TPSA) is 49.8 Å². The van der Waals surface area contributed by atoms with Crippen molar-refractivity contribution < 1.29 is 0 Å². The maximum atomic E-state index is 8.57. The summed E-state index contributed by atoms with van der Waals surface area (Å²) in [7, 11) is 0. The highest BCUT2D eigenvalue weighted by atomic mass is 14.5. The van der Waals surface area contributed by atoms with Gasteiger partial charge in [0.05, 0.1) is 0 Å². The van der Waals surface area contributed by atoms with Gasteiger partial charge in [-0.2, -0.15) is 0 Å². The molecular weight excluding hydrogens is 123 g/mol. The molecule has 0 amide bonds. The van der Waals surface area contributed by atoms with Crippen LogP contribution in [0.1, 0.15) is 12.8 Å². The van der Waals surface area contributed by atoms with Gasteiger partial charge in [0.15, 0.2) is 0 Å². The molecule has 1 rings (SSSR count). The average molecular weight is 136 g/mol. The van der Waals surface area contributed by atoms with Crippen LogP contribution in [-0.2, 0) is 0 Å². The van der Waals surface area contributed by atoms with Crippen LogP contribution < -0.4 is 5.73 Å². The van der Waals surface area contributed by atoms with Crippen LogP contribution in [0.2, 0.25) is 12.6 Å². The highest BCUT2D eigenvalue weighted by Crippen LogP contribution is 2.23. The van der Waals surface area contributed by atoms with Crippen LogP contribution in [0.15, 0.2) is 0 Å². The van der Waals surface area contributed by atoms with Crippen molar-refractivity contribution >= 4 is 6.71 Å². The molecule has 0 aliphatic carbocycles. The van der Waals surface area contributed by atoms with Gasteiger partial charge in [-0.25, -0.2) is 5.26 Å². The standard InChI is InChI=1S/C7H13BN2/c9-5-7-1-3-8(6-10)4-2-7/h7H,1-5,9H2. The van der Waals surface area contributed by atoms with Gasteiger partial charge in [-0.1, -0.05) is 25.5 Å². The predicted octanol–water partition coefficient (Wildman–Crippen LogP) is 0.913. The third kappa shape index (κ3) is 1.75. The summed E-state index contributed by atoms with van der Waals surface area (Å²) in [5.41, 5.74) is 5.51. The summed E-state index contributed by atoms with van der Waals surface area (Å²) in [5.74, 6) is 3.01. The lowest BCUT2D eigenvalue weighted by Gasteiger charge is -2.20. The van der Waals surface area contributed by atoms with Crippen molar-refractivity contribution in [3.8, 4) is 5.97 Å². The fraction of sp³-hybridized carbons (Fsp3) is 0.857. The maximum absolute atomic E-state index is 8.57. The number of hydrogen-bond donors (Lipinski definition) is 1. The molecule has 1 aliphatic heterocycles. The van der Waals surface area contributed by atoms with Crippen LogP contribution in [0.5, 0.6) is 0 Å². The van der Waals surface area contributed by atoms with Gasteiger partial charge >= 0.3 is 0 Å². The van der Waals surface area contributed by atoms with E-state index in [1.54, 1.807) is 0 Å². The number of nitrogens with two attached hydrogens (primary N) is 1. The van der Waals surface area contributed by atoms with E-state index in [1.165, 1.54) is 0 Å². The first-order valence-electron chi connectivity index (χ1n) is 3.96. The molecule has 1 saturated heterocycles. The second-order valence-corrected chi connectivity index (χ2v) is 3.08. The first kappa shape index (κ1) is 7.62. The molecule has 1 fully saturated rings. The van der Waals surface area contributed by atoms with Crippen molar-refractivity contribution in [3.05, 3.63) is 0 Å². The summed E-state index contributed by atoms with van der Waals surface area (Å²) in [5, 5.41) is 8.57. The lowest BCUT2D eigenvalue weighted by atomic mass is 9.42. The van der Waals surface area contributed by atoms with E-state index in [4.69, 9.17) is 11.0 Å². The van der Waals surface area contributed by atoms with Crippen LogP contribution in [0.4, 0.5) is 0 Å². The Bertz CT molecular complexity index is 133. The number of rotatable bonds is 1. The highest BCUT2D eigenvalue weighted by Gasteiger charge is 2.22. The van der Waals surface area contributed by atoms with E-state index in [1.807, 2.05) is 0 Å². The largest absolute Gasteiger partial charge is 0.330 e. The molecule has 0 saturated carbocycles. The Morgan fingerprint density at radius 3 is 2.50 bits per heavy atom. The molecule has 10 heavy (non-hydrogen) atoms. The third-order valence-corrected chi connectivity index (χ3v) is 2.36. The van der Waals surface area contributed by atoms with Gasteiger partial charge in [-0.3, -0.25) is 0 Å². The Kier molecular flexibility index (Phi) is 2.76. The Morgan fingerprint density at radius 1 is 1.50 bits per heavy atom. The zero-order valence-corrected chi connectivity index (χ0v) is 6.21. The van der Waals surface area contributed by atoms with E-state index in [2.05, 4.69) is 5.97 Å². The second-order valence-electron chi connectivity index (χ2n) is 3.08. The summed E-state index contributed by atoms with van der Waals surface area (Å²) in [6.07, 6.45) is 4.46. The minimum Gasteiger partial charge on any atom is -0.330 e. The average Bonchev–Trinajstić information content (AvgIpc) is 2.05. The smallest absolute Gasteiger partial charge is 0.267 e. The van der Waals surface area contributed by atoms with Crippen LogP contribution in [-0.4, -0.2) is 13.3 Å². The molecule has 0 aromatic rings. The van der Waals surface area contributed by atoms with Crippen LogP contribution in [0.3, 0.4) is 0 Å². The molecule has 54 valence electrons. The van der Waals surface area contributed by atoms with Crippen molar-refractivity contribution in [2.24, 2.45) is 11.7 Å². The summed E-state index contributed by atoms with van der Waals surface area (Å²) >= 11 is 0. The van der Waals surface area contributed by atoms with Crippen molar-refractivity contribution in [2.75, 3.05) is 6.54 Å². The fourth-order valence-corrected chi connectivity index (χ4v) is 1.53. The SMILES string of the molecule is N#CB1CCC(CN)CC1. The molecule has 0 bridgehead atoms.